The van der Waals surface area contributed by atoms with Gasteiger partial charge in [-0.2, -0.15) is 0 Å². The summed E-state index contributed by atoms with van der Waals surface area (Å²) in [4.78, 5) is 115. The van der Waals surface area contributed by atoms with E-state index in [1.807, 2.05) is 13.8 Å². The van der Waals surface area contributed by atoms with Gasteiger partial charge in [0, 0.05) is 39.6 Å². The molecule has 0 bridgehead atoms. The molecule has 0 saturated carbocycles. The first-order chi connectivity index (χ1) is 33.7. The molecule has 8 N–H and O–H groups in total. The number of hydroxylamine groups is 2. The number of methoxy groups -OCH3 is 1. The van der Waals surface area contributed by atoms with Crippen LogP contribution in [-0.2, 0) is 52.6 Å². The summed E-state index contributed by atoms with van der Waals surface area (Å²) in [5.74, 6) is -11.2. The van der Waals surface area contributed by atoms with Crippen molar-refractivity contribution in [3.8, 4) is 0 Å². The summed E-state index contributed by atoms with van der Waals surface area (Å²) in [5.41, 5.74) is 2.16. The minimum Gasteiger partial charge on any atom is -0.458 e. The Labute approximate surface area is 422 Å². The Morgan fingerprint density at radius 2 is 1.62 bits per heavy atom. The lowest BCUT2D eigenvalue weighted by Gasteiger charge is -2.49. The number of ether oxygens (including phenoxy) is 3. The summed E-state index contributed by atoms with van der Waals surface area (Å²) in [7, 11) is 2.43. The van der Waals surface area contributed by atoms with Gasteiger partial charge in [-0.25, -0.2) is 20.3 Å². The van der Waals surface area contributed by atoms with E-state index in [1.54, 1.807) is 32.9 Å². The second-order valence-corrected chi connectivity index (χ2v) is 20.1. The third kappa shape index (κ3) is 12.3. The molecule has 4 rings (SSSR count). The lowest BCUT2D eigenvalue weighted by atomic mass is 9.78. The van der Waals surface area contributed by atoms with Crippen molar-refractivity contribution in [3.05, 3.63) is 23.3 Å². The second kappa shape index (κ2) is 25.0. The number of esters is 1. The van der Waals surface area contributed by atoms with Crippen molar-refractivity contribution >= 4 is 47.6 Å². The zero-order valence-electron chi connectivity index (χ0n) is 43.9. The zero-order valence-corrected chi connectivity index (χ0v) is 43.9. The number of carbonyl (C=O) groups is 8. The van der Waals surface area contributed by atoms with Gasteiger partial charge in [0.15, 0.2) is 35.4 Å². The van der Waals surface area contributed by atoms with Crippen LogP contribution in [0.15, 0.2) is 23.3 Å². The third-order valence-electron chi connectivity index (χ3n) is 14.8. The van der Waals surface area contributed by atoms with Crippen LogP contribution in [0.2, 0.25) is 0 Å². The highest BCUT2D eigenvalue weighted by Gasteiger charge is 2.60. The van der Waals surface area contributed by atoms with Crippen molar-refractivity contribution in [2.24, 2.45) is 17.8 Å². The molecule has 0 radical (unpaired) electrons. The normalized spacial score (nSPS) is 33.1. The predicted octanol–water partition coefficient (Wildman–Crippen LogP) is 0.142. The molecule has 4 aliphatic rings. The first-order valence-corrected chi connectivity index (χ1v) is 25.1. The number of aliphatic hydroxyl groups excluding tert-OH is 1. The van der Waals surface area contributed by atoms with Gasteiger partial charge in [0.1, 0.15) is 24.2 Å². The number of hydrogen-bond donors (Lipinski definition) is 8. The van der Waals surface area contributed by atoms with Crippen LogP contribution in [0.25, 0.3) is 0 Å². The lowest BCUT2D eigenvalue weighted by molar-refractivity contribution is -0.325. The van der Waals surface area contributed by atoms with E-state index in [0.717, 1.165) is 9.91 Å². The molecule has 0 aromatic heterocycles. The van der Waals surface area contributed by atoms with Crippen molar-refractivity contribution in [3.63, 3.8) is 0 Å². The summed E-state index contributed by atoms with van der Waals surface area (Å²) >= 11 is 0. The predicted molar refractivity (Wildman–Crippen MR) is 258 cm³/mol. The number of likely N-dealkylation sites (N-methyl/N-ethyl adjacent to an activating group) is 1. The van der Waals surface area contributed by atoms with Gasteiger partial charge in [-0.05, 0) is 103 Å². The standard InChI is InChI=1S/C49H80N8O15/c1-13-28(6)38(60)32(14-2)24-30(8)40-29(7)20-21-49(68,72-40)48(67,15-3)46(66)53-37-39(27(4)5)71-45(65)36(31(9)59)52-41(61)33-18-16-23-51-57(33)47(10,26-58)54(11)42(62)35(25-70-12)56(69)43(63)34-19-17-22-50-55(34)44(37)64/h13,24,26-27,29,31-37,39-40,50-51,59,67-69H,14-23,25H2,1-12H3,(H,52,61)(H,53,66)/b28-13+,30-24+/t29-,31-,32?,33?,34+,35-,36+,37-,39-,40-,47+,48+,49+/m0/s1. The summed E-state index contributed by atoms with van der Waals surface area (Å²) in [6, 6.07) is -8.54. The van der Waals surface area contributed by atoms with Gasteiger partial charge in [0.05, 0.1) is 18.8 Å². The van der Waals surface area contributed by atoms with E-state index in [9.17, 15) is 54.1 Å². The fourth-order valence-corrected chi connectivity index (χ4v) is 9.88. The molecular weight excluding hydrogens is 941 g/mol. The number of cyclic esters (lactones) is 1. The minimum absolute atomic E-state index is 0.0758. The third-order valence-corrected chi connectivity index (χ3v) is 14.8. The highest BCUT2D eigenvalue weighted by Crippen LogP contribution is 2.42. The molecule has 4 aliphatic heterocycles. The van der Waals surface area contributed by atoms with Gasteiger partial charge < -0.3 is 45.1 Å². The molecule has 4 fully saturated rings. The van der Waals surface area contributed by atoms with Gasteiger partial charge in [-0.1, -0.05) is 46.8 Å². The lowest BCUT2D eigenvalue weighted by Crippen LogP contribution is -2.73. The maximum atomic E-state index is 15.3. The number of rotatable bonds is 14. The Bertz CT molecular complexity index is 2070. The summed E-state index contributed by atoms with van der Waals surface area (Å²) < 4.78 is 17.6. The number of ketones is 1. The average Bonchev–Trinajstić information content (AvgIpc) is 3.37. The summed E-state index contributed by atoms with van der Waals surface area (Å²) in [6.07, 6.45) is 0.210. The van der Waals surface area contributed by atoms with Crippen LogP contribution in [0.1, 0.15) is 121 Å². The molecule has 0 aromatic rings. The van der Waals surface area contributed by atoms with E-state index in [-0.39, 0.29) is 62.0 Å². The molecule has 72 heavy (non-hydrogen) atoms. The summed E-state index contributed by atoms with van der Waals surface area (Å²) in [6.45, 7) is 15.7. The number of carbonyl (C=O) groups excluding carboxylic acids is 8. The van der Waals surface area contributed by atoms with Crippen LogP contribution in [0.3, 0.4) is 0 Å². The molecule has 13 atom stereocenters. The molecule has 0 aromatic carbocycles. The van der Waals surface area contributed by atoms with Crippen LogP contribution in [0, 0.1) is 17.8 Å². The van der Waals surface area contributed by atoms with Crippen LogP contribution < -0.4 is 21.5 Å². The van der Waals surface area contributed by atoms with E-state index in [4.69, 9.17) is 14.2 Å². The molecule has 23 nitrogen and oxygen atoms in total. The van der Waals surface area contributed by atoms with Gasteiger partial charge in [0.2, 0.25) is 11.7 Å². The number of aliphatic hydroxyl groups is 3. The highest BCUT2D eigenvalue weighted by molar-refractivity contribution is 5.98. The zero-order chi connectivity index (χ0) is 54.2. The quantitative estimate of drug-likeness (QED) is 0.0377. The van der Waals surface area contributed by atoms with E-state index in [1.165, 1.54) is 53.8 Å². The number of hydrogen-bond acceptors (Lipinski definition) is 18. The number of Topliss-reactive ketones (excluding diaryl/α,β-unsaturated/α-hetero) is 1. The molecular formula is C49H80N8O15. The second-order valence-electron chi connectivity index (χ2n) is 20.1. The van der Waals surface area contributed by atoms with Crippen molar-refractivity contribution in [2.45, 2.75) is 186 Å². The van der Waals surface area contributed by atoms with Crippen LogP contribution >= 0.6 is 0 Å². The number of nitrogens with zero attached hydrogens (tertiary/aromatic N) is 4. The average molecular weight is 1020 g/mol. The topological polar surface area (TPSA) is 306 Å². The minimum atomic E-state index is -2.82. The molecule has 4 saturated heterocycles. The Morgan fingerprint density at radius 1 is 1.00 bits per heavy atom. The van der Waals surface area contributed by atoms with Crippen LogP contribution in [-0.4, -0.2) is 188 Å². The van der Waals surface area contributed by atoms with Gasteiger partial charge in [0.25, 0.3) is 23.6 Å². The number of fused-ring (bicyclic) bond motifs is 2. The fourth-order valence-electron chi connectivity index (χ4n) is 9.88. The number of aldehydes is 1. The van der Waals surface area contributed by atoms with Crippen molar-refractivity contribution < 1.29 is 73.1 Å². The van der Waals surface area contributed by atoms with Gasteiger partial charge in [-0.3, -0.25) is 49.2 Å². The number of hydrazine groups is 2. The molecule has 406 valence electrons. The maximum Gasteiger partial charge on any atom is 0.331 e. The highest BCUT2D eigenvalue weighted by atomic mass is 16.7. The van der Waals surface area contributed by atoms with Crippen molar-refractivity contribution in [1.29, 1.82) is 0 Å². The largest absolute Gasteiger partial charge is 0.458 e. The number of nitrogens with one attached hydrogen (secondary N) is 4. The first kappa shape index (κ1) is 59.8. The monoisotopic (exact) mass is 1020 g/mol. The van der Waals surface area contributed by atoms with Crippen LogP contribution in [0.5, 0.6) is 0 Å². The fraction of sp³-hybridized carbons (Fsp3) is 0.755. The van der Waals surface area contributed by atoms with Crippen molar-refractivity contribution in [1.82, 2.24) is 41.5 Å². The molecule has 23 heteroatoms. The van der Waals surface area contributed by atoms with Crippen LogP contribution in [0.4, 0.5) is 0 Å². The molecule has 2 unspecified atom stereocenters. The van der Waals surface area contributed by atoms with E-state index in [0.29, 0.717) is 30.3 Å². The first-order valence-electron chi connectivity index (χ1n) is 25.1. The van der Waals surface area contributed by atoms with E-state index in [2.05, 4.69) is 21.5 Å². The molecule has 0 spiro atoms. The summed E-state index contributed by atoms with van der Waals surface area (Å²) in [5, 5.41) is 54.9. The Morgan fingerprint density at radius 3 is 2.18 bits per heavy atom. The number of allylic oxidation sites excluding steroid dienone is 3. The van der Waals surface area contributed by atoms with Crippen molar-refractivity contribution in [2.75, 3.05) is 33.9 Å². The Kier molecular flexibility index (Phi) is 20.8. The number of amides is 5. The SMILES string of the molecule is C/C=C(\C)C(=O)C(/C=C(\C)[C@H]1O[C@@](O)([C@@](O)(CC)C(=O)N[C@@H]2C(=O)N3NCCC[C@@H]3C(=O)N(O)[C@@H](COC)C(=O)N(C)[C@@](C)(C=O)N3NCCCC3C(=O)N[C@H]([C@H](C)O)C(=O)O[C@H]2C(C)C)CC[C@@H]1C)CC. The van der Waals surface area contributed by atoms with Gasteiger partial charge in [-0.15, -0.1) is 0 Å². The molecule has 5 amide bonds. The smallest absolute Gasteiger partial charge is 0.331 e. The maximum absolute atomic E-state index is 15.3. The Balaban J connectivity index is 1.89. The Hall–Kier alpha value is -4.72. The van der Waals surface area contributed by atoms with Gasteiger partial charge >= 0.3 is 5.97 Å². The van der Waals surface area contributed by atoms with E-state index >= 15 is 4.79 Å². The molecule has 0 aliphatic carbocycles. The van der Waals surface area contributed by atoms with E-state index < -0.39 is 126 Å². The molecule has 4 heterocycles.